The lowest BCUT2D eigenvalue weighted by Crippen LogP contribution is -2.29. The van der Waals surface area contributed by atoms with Crippen molar-refractivity contribution in [2.24, 2.45) is 0 Å². The largest absolute Gasteiger partial charge is 0.573 e. The SMILES string of the molecule is CC(C)(C)OC(=O)ON1Cc2nn(-c3ccccc3OC(F)(F)F)c(-c3ccc(Cl)cc3)c2C1. The first kappa shape index (κ1) is 23.9. The van der Waals surface area contributed by atoms with Gasteiger partial charge >= 0.3 is 12.5 Å². The summed E-state index contributed by atoms with van der Waals surface area (Å²) in [5.41, 5.74) is 1.80. The van der Waals surface area contributed by atoms with E-state index in [1.54, 1.807) is 51.1 Å². The highest BCUT2D eigenvalue weighted by Gasteiger charge is 2.35. The summed E-state index contributed by atoms with van der Waals surface area (Å²) in [6.45, 7) is 5.45. The molecule has 11 heteroatoms. The third-order valence-electron chi connectivity index (χ3n) is 4.76. The summed E-state index contributed by atoms with van der Waals surface area (Å²) in [6, 6.07) is 12.6. The van der Waals surface area contributed by atoms with Gasteiger partial charge in [-0.1, -0.05) is 35.9 Å². The van der Waals surface area contributed by atoms with Gasteiger partial charge in [-0.2, -0.15) is 5.10 Å². The van der Waals surface area contributed by atoms with Gasteiger partial charge in [0.2, 0.25) is 0 Å². The van der Waals surface area contributed by atoms with E-state index in [0.29, 0.717) is 27.5 Å². The van der Waals surface area contributed by atoms with E-state index in [9.17, 15) is 18.0 Å². The van der Waals surface area contributed by atoms with Gasteiger partial charge in [0, 0.05) is 16.1 Å². The Hall–Kier alpha value is -3.24. The fourth-order valence-electron chi connectivity index (χ4n) is 3.55. The number of fused-ring (bicyclic) bond motifs is 1. The van der Waals surface area contributed by atoms with Crippen molar-refractivity contribution in [2.45, 2.75) is 45.8 Å². The molecule has 0 bridgehead atoms. The molecule has 0 saturated heterocycles. The summed E-state index contributed by atoms with van der Waals surface area (Å²) in [5, 5.41) is 6.43. The highest BCUT2D eigenvalue weighted by Crippen LogP contribution is 2.38. The predicted octanol–water partition coefficient (Wildman–Crippen LogP) is 6.27. The number of hydrogen-bond donors (Lipinski definition) is 0. The molecule has 1 aliphatic rings. The van der Waals surface area contributed by atoms with Gasteiger partial charge < -0.3 is 14.3 Å². The number of aromatic nitrogens is 2. The van der Waals surface area contributed by atoms with Gasteiger partial charge in [0.1, 0.15) is 11.3 Å². The Bertz CT molecular complexity index is 1200. The molecule has 7 nitrogen and oxygen atoms in total. The van der Waals surface area contributed by atoms with Crippen molar-refractivity contribution in [3.8, 4) is 22.7 Å². The Morgan fingerprint density at radius 1 is 1.03 bits per heavy atom. The first-order chi connectivity index (χ1) is 15.9. The van der Waals surface area contributed by atoms with Crippen LogP contribution in [0.15, 0.2) is 48.5 Å². The van der Waals surface area contributed by atoms with Crippen LogP contribution in [0, 0.1) is 0 Å². The minimum absolute atomic E-state index is 0.110. The van der Waals surface area contributed by atoms with Crippen molar-refractivity contribution >= 4 is 17.8 Å². The Kier molecular flexibility index (Phi) is 6.22. The van der Waals surface area contributed by atoms with E-state index >= 15 is 0 Å². The molecule has 1 aromatic heterocycles. The lowest BCUT2D eigenvalue weighted by atomic mass is 10.1. The number of hydroxylamine groups is 2. The van der Waals surface area contributed by atoms with Gasteiger partial charge in [0.15, 0.2) is 5.75 Å². The van der Waals surface area contributed by atoms with Crippen molar-refractivity contribution in [3.63, 3.8) is 0 Å². The summed E-state index contributed by atoms with van der Waals surface area (Å²) < 4.78 is 49.9. The van der Waals surface area contributed by atoms with Crippen molar-refractivity contribution in [1.82, 2.24) is 14.8 Å². The predicted molar refractivity (Wildman–Crippen MR) is 117 cm³/mol. The van der Waals surface area contributed by atoms with E-state index in [4.69, 9.17) is 21.2 Å². The smallest absolute Gasteiger partial charge is 0.427 e. The van der Waals surface area contributed by atoms with Crippen LogP contribution in [0.25, 0.3) is 16.9 Å². The standard InChI is InChI=1S/C23H21ClF3N3O4/c1-22(2,3)33-21(31)34-29-12-16-17(13-29)28-30(20(16)14-8-10-15(24)11-9-14)18-6-4-5-7-19(18)32-23(25,26)27/h4-11H,12-13H2,1-3H3. The minimum atomic E-state index is -4.87. The summed E-state index contributed by atoms with van der Waals surface area (Å²) in [6.07, 6.45) is -5.73. The molecule has 0 aliphatic carbocycles. The van der Waals surface area contributed by atoms with E-state index in [0.717, 1.165) is 0 Å². The van der Waals surface area contributed by atoms with E-state index in [2.05, 4.69) is 9.84 Å². The molecule has 180 valence electrons. The van der Waals surface area contributed by atoms with Crippen LogP contribution < -0.4 is 4.74 Å². The third-order valence-corrected chi connectivity index (χ3v) is 5.01. The molecule has 0 unspecified atom stereocenters. The molecule has 0 spiro atoms. The maximum absolute atomic E-state index is 13.0. The highest BCUT2D eigenvalue weighted by molar-refractivity contribution is 6.30. The fourth-order valence-corrected chi connectivity index (χ4v) is 3.67. The highest BCUT2D eigenvalue weighted by atomic mass is 35.5. The van der Waals surface area contributed by atoms with Gasteiger partial charge in [0.05, 0.1) is 24.5 Å². The van der Waals surface area contributed by atoms with Crippen molar-refractivity contribution in [3.05, 3.63) is 64.8 Å². The van der Waals surface area contributed by atoms with Crippen molar-refractivity contribution < 1.29 is 32.3 Å². The molecule has 34 heavy (non-hydrogen) atoms. The number of halogens is 4. The topological polar surface area (TPSA) is 65.8 Å². The number of rotatable bonds is 4. The lowest BCUT2D eigenvalue weighted by molar-refractivity contribution is -0.274. The third kappa shape index (κ3) is 5.45. The van der Waals surface area contributed by atoms with E-state index in [1.807, 2.05) is 0 Å². The number of carbonyl (C=O) groups is 1. The lowest BCUT2D eigenvalue weighted by Gasteiger charge is -2.22. The molecular weight excluding hydrogens is 475 g/mol. The molecule has 0 atom stereocenters. The molecule has 2 aromatic carbocycles. The average Bonchev–Trinajstić information content (AvgIpc) is 3.23. The average molecular weight is 496 g/mol. The summed E-state index contributed by atoms with van der Waals surface area (Å²) in [4.78, 5) is 17.4. The molecule has 0 radical (unpaired) electrons. The molecule has 0 saturated carbocycles. The number of para-hydroxylation sites is 2. The van der Waals surface area contributed by atoms with Crippen LogP contribution in [0.2, 0.25) is 5.02 Å². The van der Waals surface area contributed by atoms with Gasteiger partial charge in [0.25, 0.3) is 0 Å². The van der Waals surface area contributed by atoms with Crippen LogP contribution in [0.5, 0.6) is 5.75 Å². The molecule has 4 rings (SSSR count). The Morgan fingerprint density at radius 2 is 1.71 bits per heavy atom. The molecular formula is C23H21ClF3N3O4. The first-order valence-electron chi connectivity index (χ1n) is 10.3. The quantitative estimate of drug-likeness (QED) is 0.397. The van der Waals surface area contributed by atoms with Gasteiger partial charge in [-0.3, -0.25) is 0 Å². The number of alkyl halides is 3. The summed E-state index contributed by atoms with van der Waals surface area (Å²) in [5.74, 6) is -0.395. The first-order valence-corrected chi connectivity index (χ1v) is 10.7. The zero-order chi connectivity index (χ0) is 24.7. The molecule has 2 heterocycles. The zero-order valence-corrected chi connectivity index (χ0v) is 19.3. The number of benzene rings is 2. The Morgan fingerprint density at radius 3 is 2.35 bits per heavy atom. The normalized spacial score (nSPS) is 14.1. The minimum Gasteiger partial charge on any atom is -0.427 e. The second kappa shape index (κ2) is 8.84. The van der Waals surface area contributed by atoms with E-state index in [-0.39, 0.29) is 18.8 Å². The maximum atomic E-state index is 13.0. The fraction of sp³-hybridized carbons (Fsp3) is 0.304. The van der Waals surface area contributed by atoms with Crippen LogP contribution in [0.4, 0.5) is 18.0 Å². The van der Waals surface area contributed by atoms with Crippen LogP contribution in [-0.4, -0.2) is 33.0 Å². The molecule has 0 N–H and O–H groups in total. The van der Waals surface area contributed by atoms with Gasteiger partial charge in [-0.15, -0.1) is 18.2 Å². The van der Waals surface area contributed by atoms with Gasteiger partial charge in [-0.25, -0.2) is 9.48 Å². The molecule has 0 amide bonds. The Balaban J connectivity index is 1.73. The number of nitrogens with zero attached hydrogens (tertiary/aromatic N) is 3. The Labute approximate surface area is 198 Å². The molecule has 3 aromatic rings. The van der Waals surface area contributed by atoms with Crippen LogP contribution in [0.1, 0.15) is 32.0 Å². The van der Waals surface area contributed by atoms with Gasteiger partial charge in [-0.05, 0) is 45.0 Å². The van der Waals surface area contributed by atoms with E-state index < -0.39 is 23.9 Å². The maximum Gasteiger partial charge on any atom is 0.573 e. The second-order valence-corrected chi connectivity index (χ2v) is 9.00. The second-order valence-electron chi connectivity index (χ2n) is 8.56. The number of carbonyl (C=O) groups excluding carboxylic acids is 1. The summed E-state index contributed by atoms with van der Waals surface area (Å²) >= 11 is 6.03. The van der Waals surface area contributed by atoms with Crippen LogP contribution in [0.3, 0.4) is 0 Å². The zero-order valence-electron chi connectivity index (χ0n) is 18.5. The monoisotopic (exact) mass is 495 g/mol. The van der Waals surface area contributed by atoms with E-state index in [1.165, 1.54) is 27.9 Å². The molecule has 0 fully saturated rings. The van der Waals surface area contributed by atoms with Crippen molar-refractivity contribution in [1.29, 1.82) is 0 Å². The molecule has 1 aliphatic heterocycles. The summed E-state index contributed by atoms with van der Waals surface area (Å²) in [7, 11) is 0. The van der Waals surface area contributed by atoms with Crippen LogP contribution in [-0.2, 0) is 22.7 Å². The number of ether oxygens (including phenoxy) is 2. The van der Waals surface area contributed by atoms with Crippen molar-refractivity contribution in [2.75, 3.05) is 0 Å². The van der Waals surface area contributed by atoms with Crippen LogP contribution >= 0.6 is 11.6 Å². The number of hydrogen-bond acceptors (Lipinski definition) is 6.